The van der Waals surface area contributed by atoms with Gasteiger partial charge in [0.2, 0.25) is 5.91 Å². The fourth-order valence-electron chi connectivity index (χ4n) is 3.32. The molecule has 26 heavy (non-hydrogen) atoms. The van der Waals surface area contributed by atoms with E-state index < -0.39 is 15.8 Å². The Morgan fingerprint density at radius 3 is 2.81 bits per heavy atom. The summed E-state index contributed by atoms with van der Waals surface area (Å²) in [6.45, 7) is 0. The lowest BCUT2D eigenvalue weighted by Gasteiger charge is -2.25. The van der Waals surface area contributed by atoms with Gasteiger partial charge < -0.3 is 5.32 Å². The SMILES string of the molecule is O=C(Nc1cncc2ccccc12)C1CCS(=O)(=O)c2ccc(Cl)cc21. The number of pyridine rings is 1. The Hall–Kier alpha value is -2.44. The van der Waals surface area contributed by atoms with Crippen molar-refractivity contribution in [3.05, 3.63) is 65.4 Å². The Morgan fingerprint density at radius 1 is 1.15 bits per heavy atom. The molecule has 0 fully saturated rings. The van der Waals surface area contributed by atoms with Crippen LogP contribution in [-0.4, -0.2) is 25.1 Å². The number of fused-ring (bicyclic) bond motifs is 2. The van der Waals surface area contributed by atoms with E-state index in [0.717, 1.165) is 10.8 Å². The van der Waals surface area contributed by atoms with Crippen LogP contribution in [0.5, 0.6) is 0 Å². The largest absolute Gasteiger partial charge is 0.324 e. The highest BCUT2D eigenvalue weighted by molar-refractivity contribution is 7.91. The Morgan fingerprint density at radius 2 is 1.96 bits per heavy atom. The molecule has 5 nitrogen and oxygen atoms in total. The lowest BCUT2D eigenvalue weighted by atomic mass is 9.94. The second-order valence-corrected chi connectivity index (χ2v) is 8.75. The number of nitrogens with zero attached hydrogens (tertiary/aromatic N) is 1. The summed E-state index contributed by atoms with van der Waals surface area (Å²) in [6.07, 6.45) is 3.55. The molecule has 1 aliphatic rings. The minimum atomic E-state index is -3.38. The number of sulfone groups is 1. The lowest BCUT2D eigenvalue weighted by molar-refractivity contribution is -0.117. The Labute approximate surface area is 155 Å². The van der Waals surface area contributed by atoms with Gasteiger partial charge in [-0.3, -0.25) is 9.78 Å². The summed E-state index contributed by atoms with van der Waals surface area (Å²) in [6, 6.07) is 12.2. The predicted octanol–water partition coefficient (Wildman–Crippen LogP) is 3.79. The summed E-state index contributed by atoms with van der Waals surface area (Å²) in [5, 5.41) is 5.11. The third-order valence-corrected chi connectivity index (χ3v) is 6.65. The molecular weight excluding hydrogens is 372 g/mol. The molecule has 1 atom stereocenters. The van der Waals surface area contributed by atoms with Gasteiger partial charge in [0.15, 0.2) is 9.84 Å². The number of amides is 1. The summed E-state index contributed by atoms with van der Waals surface area (Å²) < 4.78 is 24.6. The molecule has 4 rings (SSSR count). The van der Waals surface area contributed by atoms with Gasteiger partial charge in [-0.05, 0) is 30.2 Å². The number of halogens is 1. The number of aromatic nitrogens is 1. The first-order chi connectivity index (χ1) is 12.5. The van der Waals surface area contributed by atoms with Crippen molar-refractivity contribution >= 4 is 43.8 Å². The smallest absolute Gasteiger partial charge is 0.232 e. The van der Waals surface area contributed by atoms with Crippen LogP contribution >= 0.6 is 11.6 Å². The summed E-state index contributed by atoms with van der Waals surface area (Å²) >= 11 is 6.04. The summed E-state index contributed by atoms with van der Waals surface area (Å²) in [5.74, 6) is -0.902. The van der Waals surface area contributed by atoms with Crippen molar-refractivity contribution in [1.82, 2.24) is 4.98 Å². The number of anilines is 1. The van der Waals surface area contributed by atoms with Crippen LogP contribution in [0.3, 0.4) is 0 Å². The molecule has 132 valence electrons. The normalized spacial score (nSPS) is 18.3. The molecule has 2 heterocycles. The number of carbonyl (C=O) groups is 1. The van der Waals surface area contributed by atoms with Crippen molar-refractivity contribution in [3.8, 4) is 0 Å². The van der Waals surface area contributed by atoms with E-state index in [0.29, 0.717) is 16.3 Å². The zero-order chi connectivity index (χ0) is 18.3. The van der Waals surface area contributed by atoms with Crippen molar-refractivity contribution in [3.63, 3.8) is 0 Å². The van der Waals surface area contributed by atoms with Gasteiger partial charge in [0.25, 0.3) is 0 Å². The Balaban J connectivity index is 1.72. The highest BCUT2D eigenvalue weighted by Crippen LogP contribution is 2.36. The van der Waals surface area contributed by atoms with Crippen molar-refractivity contribution in [2.75, 3.05) is 11.1 Å². The Kier molecular flexibility index (Phi) is 4.17. The number of rotatable bonds is 2. The van der Waals surface area contributed by atoms with E-state index in [9.17, 15) is 13.2 Å². The number of benzene rings is 2. The van der Waals surface area contributed by atoms with E-state index in [1.165, 1.54) is 12.1 Å². The standard InChI is InChI=1S/C19H15ClN2O3S/c20-13-5-6-18-16(9-13)15(7-8-26(18,24)25)19(23)22-17-11-21-10-12-3-1-2-4-14(12)17/h1-6,9-11,15H,7-8H2,(H,22,23). The third-order valence-electron chi connectivity index (χ3n) is 4.60. The predicted molar refractivity (Wildman–Crippen MR) is 101 cm³/mol. The molecule has 1 aromatic heterocycles. The number of hydrogen-bond donors (Lipinski definition) is 1. The van der Waals surface area contributed by atoms with Crippen molar-refractivity contribution in [2.45, 2.75) is 17.2 Å². The molecule has 2 aromatic carbocycles. The molecule has 0 saturated heterocycles. The minimum absolute atomic E-state index is 0.0620. The van der Waals surface area contributed by atoms with E-state index in [-0.39, 0.29) is 23.0 Å². The lowest BCUT2D eigenvalue weighted by Crippen LogP contribution is -2.29. The fraction of sp³-hybridized carbons (Fsp3) is 0.158. The molecular formula is C19H15ClN2O3S. The molecule has 1 N–H and O–H groups in total. The van der Waals surface area contributed by atoms with E-state index in [1.807, 2.05) is 24.3 Å². The van der Waals surface area contributed by atoms with E-state index >= 15 is 0 Å². The average molecular weight is 387 g/mol. The summed E-state index contributed by atoms with van der Waals surface area (Å²) in [4.78, 5) is 17.3. The van der Waals surface area contributed by atoms with E-state index in [2.05, 4.69) is 10.3 Å². The van der Waals surface area contributed by atoms with Gasteiger partial charge >= 0.3 is 0 Å². The maximum atomic E-state index is 12.9. The maximum Gasteiger partial charge on any atom is 0.232 e. The second-order valence-electron chi connectivity index (χ2n) is 6.24. The van der Waals surface area contributed by atoms with Crippen LogP contribution in [0.4, 0.5) is 5.69 Å². The average Bonchev–Trinajstić information content (AvgIpc) is 2.61. The first-order valence-corrected chi connectivity index (χ1v) is 10.1. The molecule has 0 saturated carbocycles. The van der Waals surface area contributed by atoms with Crippen LogP contribution in [0.2, 0.25) is 5.02 Å². The van der Waals surface area contributed by atoms with Crippen LogP contribution in [0, 0.1) is 0 Å². The van der Waals surface area contributed by atoms with Crippen LogP contribution in [0.25, 0.3) is 10.8 Å². The highest BCUT2D eigenvalue weighted by Gasteiger charge is 2.34. The quantitative estimate of drug-likeness (QED) is 0.727. The molecule has 0 aliphatic carbocycles. The van der Waals surface area contributed by atoms with Gasteiger partial charge in [-0.1, -0.05) is 35.9 Å². The fourth-order valence-corrected chi connectivity index (χ4v) is 5.10. The Bertz CT molecular complexity index is 1120. The number of nitrogens with one attached hydrogen (secondary N) is 1. The molecule has 0 spiro atoms. The van der Waals surface area contributed by atoms with Gasteiger partial charge in [-0.2, -0.15) is 0 Å². The highest BCUT2D eigenvalue weighted by atomic mass is 35.5. The molecule has 3 aromatic rings. The molecule has 1 amide bonds. The van der Waals surface area contributed by atoms with Crippen molar-refractivity contribution < 1.29 is 13.2 Å². The summed E-state index contributed by atoms with van der Waals surface area (Å²) in [7, 11) is -3.38. The van der Waals surface area contributed by atoms with Crippen LogP contribution < -0.4 is 5.32 Å². The first kappa shape index (κ1) is 17.0. The first-order valence-electron chi connectivity index (χ1n) is 8.11. The molecule has 1 unspecified atom stereocenters. The van der Waals surface area contributed by atoms with Crippen LogP contribution in [-0.2, 0) is 14.6 Å². The monoisotopic (exact) mass is 386 g/mol. The molecule has 0 radical (unpaired) electrons. The van der Waals surface area contributed by atoms with Gasteiger partial charge in [0.05, 0.1) is 28.5 Å². The molecule has 7 heteroatoms. The van der Waals surface area contributed by atoms with E-state index in [1.54, 1.807) is 18.5 Å². The summed E-state index contributed by atoms with van der Waals surface area (Å²) in [5.41, 5.74) is 1.06. The van der Waals surface area contributed by atoms with Gasteiger partial charge in [-0.15, -0.1) is 0 Å². The second kappa shape index (κ2) is 6.37. The topological polar surface area (TPSA) is 76.1 Å². The number of hydrogen-bond acceptors (Lipinski definition) is 4. The van der Waals surface area contributed by atoms with Gasteiger partial charge in [0, 0.05) is 22.0 Å². The van der Waals surface area contributed by atoms with E-state index in [4.69, 9.17) is 11.6 Å². The minimum Gasteiger partial charge on any atom is -0.324 e. The third kappa shape index (κ3) is 2.95. The van der Waals surface area contributed by atoms with Crippen molar-refractivity contribution in [1.29, 1.82) is 0 Å². The number of carbonyl (C=O) groups excluding carboxylic acids is 1. The van der Waals surface area contributed by atoms with Crippen LogP contribution in [0.1, 0.15) is 17.9 Å². The zero-order valence-corrected chi connectivity index (χ0v) is 15.2. The van der Waals surface area contributed by atoms with Crippen LogP contribution in [0.15, 0.2) is 59.8 Å². The van der Waals surface area contributed by atoms with Gasteiger partial charge in [-0.25, -0.2) is 8.42 Å². The maximum absolute atomic E-state index is 12.9. The van der Waals surface area contributed by atoms with Crippen molar-refractivity contribution in [2.24, 2.45) is 0 Å². The molecule has 1 aliphatic heterocycles. The molecule has 0 bridgehead atoms. The zero-order valence-electron chi connectivity index (χ0n) is 13.6. The van der Waals surface area contributed by atoms with Gasteiger partial charge in [0.1, 0.15) is 0 Å².